The number of urea groups is 1. The minimum absolute atomic E-state index is 0.0980. The van der Waals surface area contributed by atoms with Crippen LogP contribution in [-0.2, 0) is 19.4 Å². The Hall–Kier alpha value is -4.83. The van der Waals surface area contributed by atoms with Crippen LogP contribution in [0.5, 0.6) is 11.5 Å². The molecule has 3 aliphatic heterocycles. The van der Waals surface area contributed by atoms with Crippen molar-refractivity contribution in [2.45, 2.75) is 17.0 Å². The molecule has 4 aromatic rings. The number of carbonyl (C=O) groups excluding carboxylic acids is 2. The number of aliphatic imine (C=N–C) groups is 1. The fraction of sp³-hybridized carbons (Fsp3) is 0.257. The Balaban J connectivity index is 1.08. The van der Waals surface area contributed by atoms with Gasteiger partial charge in [-0.05, 0) is 60.7 Å². The van der Waals surface area contributed by atoms with Gasteiger partial charge >= 0.3 is 12.0 Å². The topological polar surface area (TPSA) is 134 Å². The second-order valence-corrected chi connectivity index (χ2v) is 15.5. The van der Waals surface area contributed by atoms with Crippen molar-refractivity contribution in [1.29, 1.82) is 0 Å². The largest absolute Gasteiger partial charge is 0.466 e. The predicted molar refractivity (Wildman–Crippen MR) is 191 cm³/mol. The second-order valence-electron chi connectivity index (χ2n) is 12.2. The van der Waals surface area contributed by atoms with E-state index in [9.17, 15) is 22.4 Å². The molecule has 2 unspecified atom stereocenters. The zero-order valence-electron chi connectivity index (χ0n) is 27.5. The summed E-state index contributed by atoms with van der Waals surface area (Å²) in [6, 6.07) is 16.2. The zero-order valence-corrected chi connectivity index (χ0v) is 29.8. The number of hydrogen-bond donors (Lipinski definition) is 1. The van der Waals surface area contributed by atoms with Gasteiger partial charge in [0.1, 0.15) is 23.4 Å². The lowest BCUT2D eigenvalue weighted by molar-refractivity contribution is -0.136. The summed E-state index contributed by atoms with van der Waals surface area (Å²) in [5.74, 6) is 0.379. The van der Waals surface area contributed by atoms with E-state index < -0.39 is 27.7 Å². The van der Waals surface area contributed by atoms with Crippen LogP contribution in [0.3, 0.4) is 0 Å². The Morgan fingerprint density at radius 3 is 2.43 bits per heavy atom. The highest BCUT2D eigenvalue weighted by atomic mass is 35.5. The minimum Gasteiger partial charge on any atom is -0.466 e. The second kappa shape index (κ2) is 14.1. The maximum absolute atomic E-state index is 14.0. The molecule has 2 saturated heterocycles. The van der Waals surface area contributed by atoms with Crippen molar-refractivity contribution in [3.8, 4) is 11.5 Å². The summed E-state index contributed by atoms with van der Waals surface area (Å²) in [5.41, 5.74) is 1.98. The normalized spacial score (nSPS) is 19.5. The number of carbonyl (C=O) groups is 2. The van der Waals surface area contributed by atoms with Gasteiger partial charge in [-0.15, -0.1) is 11.3 Å². The molecule has 7 rings (SSSR count). The van der Waals surface area contributed by atoms with Crippen LogP contribution in [0.15, 0.2) is 99.5 Å². The first-order valence-electron chi connectivity index (χ1n) is 15.9. The third-order valence-electron chi connectivity index (χ3n) is 8.88. The Labute approximate surface area is 302 Å². The summed E-state index contributed by atoms with van der Waals surface area (Å²) in [6.07, 6.45) is 2.81. The van der Waals surface area contributed by atoms with E-state index in [1.165, 1.54) is 48.8 Å². The van der Waals surface area contributed by atoms with Crippen LogP contribution in [0.2, 0.25) is 5.02 Å². The number of nitrogens with zero attached hydrogens (tertiary/aromatic N) is 5. The smallest absolute Gasteiger partial charge is 0.338 e. The zero-order chi connectivity index (χ0) is 35.9. The SMILES string of the molecule is COC(=O)C1=C(CN2CCN3C(=O)N(c4ccc(Oc5ccc(S(C)(=O)=O)cc5)cc4)CC3C2)NC(c2nccs2)=NC1c1ccc(F)cc1Cl. The Morgan fingerprint density at radius 2 is 1.78 bits per heavy atom. The molecule has 0 bridgehead atoms. The number of ether oxygens (including phenoxy) is 2. The van der Waals surface area contributed by atoms with Crippen molar-refractivity contribution in [3.63, 3.8) is 0 Å². The molecule has 4 heterocycles. The Bertz CT molecular complexity index is 2150. The molecule has 0 radical (unpaired) electrons. The van der Waals surface area contributed by atoms with Crippen LogP contribution in [0.25, 0.3) is 0 Å². The highest BCUT2D eigenvalue weighted by Gasteiger charge is 2.42. The van der Waals surface area contributed by atoms with Crippen LogP contribution >= 0.6 is 22.9 Å². The first-order chi connectivity index (χ1) is 24.5. The summed E-state index contributed by atoms with van der Waals surface area (Å²) in [6.45, 7) is 2.34. The third-order valence-corrected chi connectivity index (χ3v) is 11.1. The molecule has 16 heteroatoms. The summed E-state index contributed by atoms with van der Waals surface area (Å²) >= 11 is 7.88. The van der Waals surface area contributed by atoms with E-state index in [2.05, 4.69) is 15.2 Å². The number of amides is 2. The van der Waals surface area contributed by atoms with Crippen LogP contribution < -0.4 is 15.0 Å². The Kier molecular flexibility index (Phi) is 9.54. The van der Waals surface area contributed by atoms with E-state index in [1.807, 2.05) is 22.4 Å². The molecule has 0 saturated carbocycles. The third kappa shape index (κ3) is 7.19. The standard InChI is InChI=1S/C35H32ClFN6O6S2/c1-48-34(44)30-29(39-32(33-38-13-16-50-33)40-31(30)27-12-3-21(37)17-28(27)36)20-41-14-15-42-23(18-41)19-43(35(42)45)22-4-6-24(7-5-22)49-25-8-10-26(11-9-25)51(2,46)47/h3-13,16-17,23,31H,14-15,18-20H2,1-2H3,(H,39,40). The summed E-state index contributed by atoms with van der Waals surface area (Å²) < 4.78 is 48.6. The van der Waals surface area contributed by atoms with Gasteiger partial charge in [-0.25, -0.2) is 27.4 Å². The molecular formula is C35H32ClFN6O6S2. The molecule has 0 spiro atoms. The van der Waals surface area contributed by atoms with Crippen LogP contribution in [0.1, 0.15) is 16.6 Å². The number of piperazine rings is 1. The van der Waals surface area contributed by atoms with Gasteiger partial charge in [0.05, 0.1) is 23.6 Å². The van der Waals surface area contributed by atoms with E-state index in [-0.39, 0.29) is 27.6 Å². The number of fused-ring (bicyclic) bond motifs is 1. The monoisotopic (exact) mass is 750 g/mol. The highest BCUT2D eigenvalue weighted by molar-refractivity contribution is 7.90. The lowest BCUT2D eigenvalue weighted by Crippen LogP contribution is -2.53. The fourth-order valence-corrected chi connectivity index (χ4v) is 7.90. The van der Waals surface area contributed by atoms with Crippen molar-refractivity contribution in [2.75, 3.05) is 51.0 Å². The lowest BCUT2D eigenvalue weighted by atomic mass is 9.95. The molecule has 3 aromatic carbocycles. The van der Waals surface area contributed by atoms with Gasteiger partial charge in [0, 0.05) is 72.5 Å². The number of esters is 1. The van der Waals surface area contributed by atoms with Crippen molar-refractivity contribution in [2.24, 2.45) is 4.99 Å². The van der Waals surface area contributed by atoms with E-state index in [0.717, 1.165) is 6.26 Å². The van der Waals surface area contributed by atoms with Crippen LogP contribution in [-0.4, -0.2) is 93.2 Å². The van der Waals surface area contributed by atoms with Gasteiger partial charge in [-0.2, -0.15) is 0 Å². The molecule has 12 nitrogen and oxygen atoms in total. The number of hydrogen-bond acceptors (Lipinski definition) is 11. The quantitative estimate of drug-likeness (QED) is 0.227. The van der Waals surface area contributed by atoms with Gasteiger partial charge in [0.25, 0.3) is 0 Å². The number of benzene rings is 3. The number of methoxy groups -OCH3 is 1. The Morgan fingerprint density at radius 1 is 1.06 bits per heavy atom. The van der Waals surface area contributed by atoms with E-state index in [4.69, 9.17) is 26.1 Å². The number of sulfone groups is 1. The molecule has 2 amide bonds. The van der Waals surface area contributed by atoms with Gasteiger partial charge in [0.15, 0.2) is 20.7 Å². The van der Waals surface area contributed by atoms with Crippen molar-refractivity contribution < 1.29 is 31.9 Å². The van der Waals surface area contributed by atoms with Crippen molar-refractivity contribution in [1.82, 2.24) is 20.1 Å². The molecular weight excluding hydrogens is 719 g/mol. The average Bonchev–Trinajstić information content (AvgIpc) is 3.76. The average molecular weight is 751 g/mol. The molecule has 2 atom stereocenters. The molecule has 3 aliphatic rings. The number of amidine groups is 1. The molecule has 0 aliphatic carbocycles. The molecule has 1 N–H and O–H groups in total. The highest BCUT2D eigenvalue weighted by Crippen LogP contribution is 2.37. The van der Waals surface area contributed by atoms with Crippen LogP contribution in [0, 0.1) is 5.82 Å². The lowest BCUT2D eigenvalue weighted by Gasteiger charge is -2.38. The van der Waals surface area contributed by atoms with Gasteiger partial charge in [-0.3, -0.25) is 14.8 Å². The van der Waals surface area contributed by atoms with Gasteiger partial charge < -0.3 is 19.7 Å². The van der Waals surface area contributed by atoms with Gasteiger partial charge in [-0.1, -0.05) is 17.7 Å². The maximum atomic E-state index is 14.0. The number of rotatable bonds is 9. The van der Waals surface area contributed by atoms with Crippen molar-refractivity contribution >= 4 is 56.3 Å². The summed E-state index contributed by atoms with van der Waals surface area (Å²) in [5, 5.41) is 5.89. The number of thiazole rings is 1. The van der Waals surface area contributed by atoms with Gasteiger partial charge in [0.2, 0.25) is 0 Å². The van der Waals surface area contributed by atoms with E-state index in [1.54, 1.807) is 35.4 Å². The number of anilines is 1. The number of nitrogens with one attached hydrogen (secondary N) is 1. The van der Waals surface area contributed by atoms with Crippen LogP contribution in [0.4, 0.5) is 14.9 Å². The molecule has 51 heavy (non-hydrogen) atoms. The predicted octanol–water partition coefficient (Wildman–Crippen LogP) is 5.28. The molecule has 264 valence electrons. The van der Waals surface area contributed by atoms with Crippen molar-refractivity contribution in [3.05, 3.63) is 111 Å². The first kappa shape index (κ1) is 34.6. The number of aromatic nitrogens is 1. The maximum Gasteiger partial charge on any atom is 0.338 e. The number of halogens is 2. The summed E-state index contributed by atoms with van der Waals surface area (Å²) in [4.78, 5) is 42.1. The minimum atomic E-state index is -3.31. The van der Waals surface area contributed by atoms with E-state index >= 15 is 0 Å². The van der Waals surface area contributed by atoms with E-state index in [0.29, 0.717) is 72.0 Å². The fourth-order valence-electron chi connectivity index (χ4n) is 6.41. The molecule has 2 fully saturated rings. The first-order valence-corrected chi connectivity index (χ1v) is 19.0. The molecule has 1 aromatic heterocycles. The summed E-state index contributed by atoms with van der Waals surface area (Å²) in [7, 11) is -2.02.